The van der Waals surface area contributed by atoms with E-state index >= 15 is 0 Å². The van der Waals surface area contributed by atoms with Gasteiger partial charge < -0.3 is 25.0 Å². The van der Waals surface area contributed by atoms with Gasteiger partial charge in [-0.15, -0.1) is 0 Å². The Balaban J connectivity index is 1.67. The summed E-state index contributed by atoms with van der Waals surface area (Å²) in [6, 6.07) is 4.51. The van der Waals surface area contributed by atoms with Crippen molar-refractivity contribution in [2.24, 2.45) is 0 Å². The van der Waals surface area contributed by atoms with Gasteiger partial charge in [-0.1, -0.05) is 6.92 Å². The minimum absolute atomic E-state index is 0.109. The third kappa shape index (κ3) is 6.59. The molecule has 2 heterocycles. The third-order valence-corrected chi connectivity index (χ3v) is 5.67. The Morgan fingerprint density at radius 1 is 1.21 bits per heavy atom. The number of hydrogen-bond donors (Lipinski definition) is 2. The van der Waals surface area contributed by atoms with Gasteiger partial charge in [0.15, 0.2) is 0 Å². The van der Waals surface area contributed by atoms with E-state index in [0.29, 0.717) is 42.7 Å². The largest absolute Gasteiger partial charge is 0.490 e. The Hall–Kier alpha value is -2.82. The summed E-state index contributed by atoms with van der Waals surface area (Å²) in [6.45, 7) is 0.620. The summed E-state index contributed by atoms with van der Waals surface area (Å²) in [6.07, 6.45) is -3.78. The number of anilines is 1. The van der Waals surface area contributed by atoms with Crippen molar-refractivity contribution in [1.82, 2.24) is 10.2 Å². The predicted molar refractivity (Wildman–Crippen MR) is 113 cm³/mol. The number of benzene rings is 1. The number of carbonyl (C=O) groups excluding carboxylic acids is 3. The Morgan fingerprint density at radius 2 is 1.97 bits per heavy atom. The number of fused-ring (bicyclic) bond motifs is 2. The van der Waals surface area contributed by atoms with Gasteiger partial charge in [0.05, 0.1) is 24.1 Å². The van der Waals surface area contributed by atoms with Crippen LogP contribution >= 0.6 is 0 Å². The quantitative estimate of drug-likeness (QED) is 0.665. The molecule has 11 heteroatoms. The lowest BCUT2D eigenvalue weighted by Gasteiger charge is -2.42. The topological polar surface area (TPSA) is 97.0 Å². The molecule has 2 N–H and O–H groups in total. The van der Waals surface area contributed by atoms with Crippen LogP contribution < -0.4 is 15.4 Å². The van der Waals surface area contributed by atoms with Crippen molar-refractivity contribution < 1.29 is 37.0 Å². The lowest BCUT2D eigenvalue weighted by molar-refractivity contribution is -0.144. The minimum atomic E-state index is -4.48. The first-order valence-corrected chi connectivity index (χ1v) is 10.9. The normalized spacial score (nSPS) is 22.9. The molecule has 1 aromatic carbocycles. The van der Waals surface area contributed by atoms with Crippen LogP contribution in [0.2, 0.25) is 0 Å². The zero-order chi connectivity index (χ0) is 24.2. The molecule has 1 aromatic rings. The van der Waals surface area contributed by atoms with Crippen molar-refractivity contribution in [2.75, 3.05) is 25.5 Å². The fourth-order valence-corrected chi connectivity index (χ4v) is 4.03. The molecule has 1 saturated heterocycles. The van der Waals surface area contributed by atoms with E-state index in [-0.39, 0.29) is 30.9 Å². The van der Waals surface area contributed by atoms with Crippen LogP contribution in [-0.4, -0.2) is 67.2 Å². The summed E-state index contributed by atoms with van der Waals surface area (Å²) >= 11 is 0. The second-order valence-corrected chi connectivity index (χ2v) is 8.27. The number of likely N-dealkylation sites (N-methyl/N-ethyl adjacent to an activating group) is 1. The maximum absolute atomic E-state index is 13.2. The molecule has 33 heavy (non-hydrogen) atoms. The molecule has 0 aliphatic carbocycles. The van der Waals surface area contributed by atoms with E-state index in [1.165, 1.54) is 0 Å². The van der Waals surface area contributed by atoms with Crippen LogP contribution in [0.25, 0.3) is 0 Å². The van der Waals surface area contributed by atoms with Crippen molar-refractivity contribution >= 4 is 23.4 Å². The third-order valence-electron chi connectivity index (χ3n) is 5.67. The van der Waals surface area contributed by atoms with Gasteiger partial charge in [-0.3, -0.25) is 14.4 Å². The van der Waals surface area contributed by atoms with Crippen LogP contribution in [-0.2, 0) is 14.3 Å². The van der Waals surface area contributed by atoms with E-state index in [0.717, 1.165) is 0 Å². The van der Waals surface area contributed by atoms with E-state index in [1.807, 2.05) is 12.2 Å². The Morgan fingerprint density at radius 3 is 2.67 bits per heavy atom. The Labute approximate surface area is 189 Å². The first-order chi connectivity index (χ1) is 15.6. The van der Waals surface area contributed by atoms with Gasteiger partial charge >= 0.3 is 6.18 Å². The Kier molecular flexibility index (Phi) is 7.83. The summed E-state index contributed by atoms with van der Waals surface area (Å²) in [5.41, 5.74) is 0.818. The molecule has 182 valence electrons. The van der Waals surface area contributed by atoms with Crippen LogP contribution in [0.3, 0.4) is 0 Å². The van der Waals surface area contributed by atoms with Gasteiger partial charge in [0.2, 0.25) is 11.8 Å². The standard InChI is InChI=1S/C22H28F3N3O5/c1-3-4-19(29)27-13-5-8-17-15(9-13)21(31)28(2)16-7-6-14(33-18(16)11-32-17)10-20(30)26-12-22(23,24)25/h5,8-9,14,16,18H,3-4,6-7,10-12H2,1-2H3,(H,26,30)(H,27,29)/t14-,16-,18-/m0/s1. The maximum Gasteiger partial charge on any atom is 0.405 e. The van der Waals surface area contributed by atoms with Crippen molar-refractivity contribution in [3.8, 4) is 5.75 Å². The van der Waals surface area contributed by atoms with Crippen LogP contribution in [0.1, 0.15) is 49.4 Å². The molecule has 2 aliphatic rings. The summed E-state index contributed by atoms with van der Waals surface area (Å²) in [5, 5.41) is 4.62. The molecule has 3 rings (SSSR count). The van der Waals surface area contributed by atoms with E-state index in [9.17, 15) is 27.6 Å². The number of nitrogens with zero attached hydrogens (tertiary/aromatic N) is 1. The summed E-state index contributed by atoms with van der Waals surface area (Å²) in [7, 11) is 1.65. The zero-order valence-electron chi connectivity index (χ0n) is 18.5. The first-order valence-electron chi connectivity index (χ1n) is 10.9. The predicted octanol–water partition coefficient (Wildman–Crippen LogP) is 2.87. The highest BCUT2D eigenvalue weighted by molar-refractivity contribution is 5.99. The molecule has 1 fully saturated rings. The molecule has 0 saturated carbocycles. The minimum Gasteiger partial charge on any atom is -0.490 e. The fourth-order valence-electron chi connectivity index (χ4n) is 4.03. The number of alkyl halides is 3. The Bertz CT molecular complexity index is 893. The van der Waals surface area contributed by atoms with E-state index in [1.54, 1.807) is 30.1 Å². The van der Waals surface area contributed by atoms with Crippen molar-refractivity contribution in [3.05, 3.63) is 23.8 Å². The van der Waals surface area contributed by atoms with E-state index in [4.69, 9.17) is 9.47 Å². The highest BCUT2D eigenvalue weighted by atomic mass is 19.4. The van der Waals surface area contributed by atoms with Gasteiger partial charge in [0.1, 0.15) is 25.0 Å². The molecule has 0 spiro atoms. The second-order valence-electron chi connectivity index (χ2n) is 8.27. The molecule has 3 atom stereocenters. The molecule has 8 nitrogen and oxygen atoms in total. The van der Waals surface area contributed by atoms with Crippen molar-refractivity contribution in [1.29, 1.82) is 0 Å². The van der Waals surface area contributed by atoms with E-state index < -0.39 is 30.8 Å². The second kappa shape index (κ2) is 10.4. The van der Waals surface area contributed by atoms with Crippen LogP contribution in [0.15, 0.2) is 18.2 Å². The number of rotatable bonds is 6. The average Bonchev–Trinajstić information content (AvgIpc) is 2.75. The number of hydrogen-bond acceptors (Lipinski definition) is 5. The van der Waals surface area contributed by atoms with Gasteiger partial charge in [0.25, 0.3) is 5.91 Å². The van der Waals surface area contributed by atoms with Crippen molar-refractivity contribution in [2.45, 2.75) is 63.5 Å². The SMILES string of the molecule is CCCC(=O)Nc1ccc2c(c1)C(=O)N(C)[C@H]1CC[C@@H](CC(=O)NCC(F)(F)F)O[C@H]1CO2. The lowest BCUT2D eigenvalue weighted by Crippen LogP contribution is -2.54. The van der Waals surface area contributed by atoms with Crippen LogP contribution in [0.4, 0.5) is 18.9 Å². The number of nitrogens with one attached hydrogen (secondary N) is 2. The van der Waals surface area contributed by atoms with E-state index in [2.05, 4.69) is 5.32 Å². The van der Waals surface area contributed by atoms with Gasteiger partial charge in [-0.25, -0.2) is 0 Å². The fraction of sp³-hybridized carbons (Fsp3) is 0.591. The van der Waals surface area contributed by atoms with Gasteiger partial charge in [-0.2, -0.15) is 13.2 Å². The molecule has 0 radical (unpaired) electrons. The van der Waals surface area contributed by atoms with Crippen LogP contribution in [0.5, 0.6) is 5.75 Å². The maximum atomic E-state index is 13.2. The number of amides is 3. The highest BCUT2D eigenvalue weighted by Crippen LogP contribution is 2.32. The highest BCUT2D eigenvalue weighted by Gasteiger charge is 2.39. The van der Waals surface area contributed by atoms with Gasteiger partial charge in [0, 0.05) is 19.2 Å². The molecular formula is C22H28F3N3O5. The summed E-state index contributed by atoms with van der Waals surface area (Å²) in [4.78, 5) is 38.5. The number of halogens is 3. The molecule has 0 unspecified atom stereocenters. The average molecular weight is 471 g/mol. The molecular weight excluding hydrogens is 443 g/mol. The van der Waals surface area contributed by atoms with Crippen molar-refractivity contribution in [3.63, 3.8) is 0 Å². The smallest absolute Gasteiger partial charge is 0.405 e. The monoisotopic (exact) mass is 471 g/mol. The van der Waals surface area contributed by atoms with Gasteiger partial charge in [-0.05, 0) is 37.5 Å². The summed E-state index contributed by atoms with van der Waals surface area (Å²) in [5.74, 6) is -0.838. The first kappa shape index (κ1) is 24.8. The zero-order valence-corrected chi connectivity index (χ0v) is 18.5. The van der Waals surface area contributed by atoms with Crippen LogP contribution in [0, 0.1) is 0 Å². The number of carbonyl (C=O) groups is 3. The molecule has 0 aromatic heterocycles. The number of ether oxygens (including phenoxy) is 2. The molecule has 0 bridgehead atoms. The molecule has 3 amide bonds. The summed E-state index contributed by atoms with van der Waals surface area (Å²) < 4.78 is 48.7. The lowest BCUT2D eigenvalue weighted by atomic mass is 9.94. The molecule has 2 aliphatic heterocycles.